The Morgan fingerprint density at radius 3 is 2.77 bits per heavy atom. The topological polar surface area (TPSA) is 56.0 Å². The Labute approximate surface area is 133 Å². The number of amides is 1. The SMILES string of the molecule is NC(=O)c1cccc(CCC#Cc2cccc(CF)n2)c1Cl. The van der Waals surface area contributed by atoms with Crippen LogP contribution in [-0.4, -0.2) is 10.9 Å². The van der Waals surface area contributed by atoms with Crippen molar-refractivity contribution in [2.24, 2.45) is 5.73 Å². The molecule has 2 aromatic rings. The summed E-state index contributed by atoms with van der Waals surface area (Å²) in [6.45, 7) is -0.606. The van der Waals surface area contributed by atoms with E-state index in [4.69, 9.17) is 17.3 Å². The molecule has 22 heavy (non-hydrogen) atoms. The van der Waals surface area contributed by atoms with Gasteiger partial charge in [-0.1, -0.05) is 35.7 Å². The Morgan fingerprint density at radius 2 is 2.05 bits per heavy atom. The molecule has 2 N–H and O–H groups in total. The van der Waals surface area contributed by atoms with Crippen LogP contribution in [0.25, 0.3) is 0 Å². The van der Waals surface area contributed by atoms with Gasteiger partial charge in [0.1, 0.15) is 12.4 Å². The van der Waals surface area contributed by atoms with E-state index in [0.29, 0.717) is 34.8 Å². The van der Waals surface area contributed by atoms with Crippen LogP contribution in [0.1, 0.15) is 33.7 Å². The number of hydrogen-bond acceptors (Lipinski definition) is 2. The predicted molar refractivity (Wildman–Crippen MR) is 84.2 cm³/mol. The molecule has 0 unspecified atom stereocenters. The van der Waals surface area contributed by atoms with Gasteiger partial charge in [0, 0.05) is 6.42 Å². The molecule has 0 saturated carbocycles. The fourth-order valence-corrected chi connectivity index (χ4v) is 2.25. The summed E-state index contributed by atoms with van der Waals surface area (Å²) in [6.07, 6.45) is 1.14. The van der Waals surface area contributed by atoms with Gasteiger partial charge in [-0.2, -0.15) is 0 Å². The van der Waals surface area contributed by atoms with E-state index >= 15 is 0 Å². The van der Waals surface area contributed by atoms with Crippen LogP contribution in [0, 0.1) is 11.8 Å². The lowest BCUT2D eigenvalue weighted by Crippen LogP contribution is -2.12. The summed E-state index contributed by atoms with van der Waals surface area (Å²) in [5, 5.41) is 0.370. The zero-order chi connectivity index (χ0) is 15.9. The van der Waals surface area contributed by atoms with Crippen LogP contribution in [0.5, 0.6) is 0 Å². The third kappa shape index (κ3) is 4.06. The molecule has 1 aromatic heterocycles. The molecule has 0 aliphatic rings. The molecule has 1 amide bonds. The molecule has 0 bridgehead atoms. The second-order valence-electron chi connectivity index (χ2n) is 4.59. The quantitative estimate of drug-likeness (QED) is 0.880. The lowest BCUT2D eigenvalue weighted by Gasteiger charge is -2.05. The molecule has 0 saturated heterocycles. The zero-order valence-electron chi connectivity index (χ0n) is 11.8. The fourth-order valence-electron chi connectivity index (χ4n) is 1.94. The van der Waals surface area contributed by atoms with Crippen LogP contribution in [-0.2, 0) is 13.1 Å². The minimum Gasteiger partial charge on any atom is -0.366 e. The van der Waals surface area contributed by atoms with Gasteiger partial charge >= 0.3 is 0 Å². The van der Waals surface area contributed by atoms with E-state index in [1.165, 1.54) is 0 Å². The van der Waals surface area contributed by atoms with Gasteiger partial charge in [-0.15, -0.1) is 0 Å². The first-order chi connectivity index (χ1) is 10.6. The van der Waals surface area contributed by atoms with Crippen molar-refractivity contribution in [2.75, 3.05) is 0 Å². The van der Waals surface area contributed by atoms with Crippen molar-refractivity contribution < 1.29 is 9.18 Å². The van der Waals surface area contributed by atoms with Gasteiger partial charge in [-0.3, -0.25) is 4.79 Å². The normalized spacial score (nSPS) is 9.91. The number of carbonyl (C=O) groups excluding carboxylic acids is 1. The van der Waals surface area contributed by atoms with Crippen LogP contribution in [0.2, 0.25) is 5.02 Å². The summed E-state index contributed by atoms with van der Waals surface area (Å²) in [7, 11) is 0. The maximum atomic E-state index is 12.5. The second kappa shape index (κ2) is 7.58. The average Bonchev–Trinajstić information content (AvgIpc) is 2.53. The van der Waals surface area contributed by atoms with Crippen molar-refractivity contribution in [2.45, 2.75) is 19.5 Å². The minimum absolute atomic E-state index is 0.310. The molecule has 5 heteroatoms. The zero-order valence-corrected chi connectivity index (χ0v) is 12.5. The molecule has 0 spiro atoms. The van der Waals surface area contributed by atoms with E-state index in [-0.39, 0.29) is 0 Å². The summed E-state index contributed by atoms with van der Waals surface area (Å²) in [4.78, 5) is 15.3. The third-order valence-corrected chi connectivity index (χ3v) is 3.47. The Hall–Kier alpha value is -2.38. The van der Waals surface area contributed by atoms with Crippen LogP contribution >= 0.6 is 11.6 Å². The number of primary amides is 1. The highest BCUT2D eigenvalue weighted by Gasteiger charge is 2.09. The summed E-state index contributed by atoms with van der Waals surface area (Å²) < 4.78 is 12.5. The number of rotatable bonds is 4. The summed E-state index contributed by atoms with van der Waals surface area (Å²) in [6, 6.07) is 10.2. The van der Waals surface area contributed by atoms with E-state index in [1.54, 1.807) is 30.3 Å². The molecule has 0 aliphatic carbocycles. The number of alkyl halides is 1. The lowest BCUT2D eigenvalue weighted by atomic mass is 10.1. The van der Waals surface area contributed by atoms with E-state index in [0.717, 1.165) is 5.56 Å². The van der Waals surface area contributed by atoms with Gasteiger partial charge in [0.15, 0.2) is 0 Å². The van der Waals surface area contributed by atoms with Gasteiger partial charge in [0.2, 0.25) is 5.91 Å². The van der Waals surface area contributed by atoms with Gasteiger partial charge in [-0.25, -0.2) is 9.37 Å². The van der Waals surface area contributed by atoms with Gasteiger partial charge in [0.05, 0.1) is 16.3 Å². The Balaban J connectivity index is 2.04. The average molecular weight is 317 g/mol. The maximum absolute atomic E-state index is 12.5. The highest BCUT2D eigenvalue weighted by Crippen LogP contribution is 2.21. The van der Waals surface area contributed by atoms with Crippen molar-refractivity contribution >= 4 is 17.5 Å². The van der Waals surface area contributed by atoms with Crippen molar-refractivity contribution in [3.8, 4) is 11.8 Å². The standard InChI is InChI=1S/C17H14ClFN2O/c18-16-12(6-3-10-15(16)17(20)22)5-1-2-7-13-8-4-9-14(11-19)21-13/h3-4,6,8-10H,1,5,11H2,(H2,20,22). The maximum Gasteiger partial charge on any atom is 0.250 e. The first kappa shape index (κ1) is 16.0. The third-order valence-electron chi connectivity index (χ3n) is 3.02. The van der Waals surface area contributed by atoms with Gasteiger partial charge in [0.25, 0.3) is 0 Å². The number of aromatic nitrogens is 1. The highest BCUT2D eigenvalue weighted by molar-refractivity contribution is 6.34. The molecular formula is C17H14ClFN2O. The molecule has 0 atom stereocenters. The summed E-state index contributed by atoms with van der Waals surface area (Å²) in [5.74, 6) is 5.30. The van der Waals surface area contributed by atoms with Crippen LogP contribution in [0.15, 0.2) is 36.4 Å². The number of pyridine rings is 1. The number of benzene rings is 1. The highest BCUT2D eigenvalue weighted by atomic mass is 35.5. The van der Waals surface area contributed by atoms with Crippen LogP contribution < -0.4 is 5.73 Å². The van der Waals surface area contributed by atoms with E-state index in [9.17, 15) is 9.18 Å². The molecule has 0 aliphatic heterocycles. The van der Waals surface area contributed by atoms with E-state index in [1.807, 2.05) is 6.07 Å². The van der Waals surface area contributed by atoms with Gasteiger partial charge in [-0.05, 0) is 36.1 Å². The molecule has 3 nitrogen and oxygen atoms in total. The Kier molecular flexibility index (Phi) is 5.51. The number of hydrogen-bond donors (Lipinski definition) is 1. The molecule has 0 fully saturated rings. The monoisotopic (exact) mass is 316 g/mol. The fraction of sp³-hybridized carbons (Fsp3) is 0.176. The Morgan fingerprint density at radius 1 is 1.27 bits per heavy atom. The Bertz CT molecular complexity index is 750. The van der Waals surface area contributed by atoms with Gasteiger partial charge < -0.3 is 5.73 Å². The molecule has 2 rings (SSSR count). The number of aryl methyl sites for hydroxylation is 1. The first-order valence-electron chi connectivity index (χ1n) is 6.69. The molecule has 1 aromatic carbocycles. The van der Waals surface area contributed by atoms with Crippen LogP contribution in [0.3, 0.4) is 0 Å². The molecule has 112 valence electrons. The molecule has 0 radical (unpaired) electrons. The second-order valence-corrected chi connectivity index (χ2v) is 4.97. The summed E-state index contributed by atoms with van der Waals surface area (Å²) >= 11 is 6.14. The molecular weight excluding hydrogens is 303 g/mol. The van der Waals surface area contributed by atoms with Crippen LogP contribution in [0.4, 0.5) is 4.39 Å². The van der Waals surface area contributed by atoms with E-state index in [2.05, 4.69) is 16.8 Å². The lowest BCUT2D eigenvalue weighted by molar-refractivity contribution is 0.100. The van der Waals surface area contributed by atoms with Crippen molar-refractivity contribution in [1.82, 2.24) is 4.98 Å². The first-order valence-corrected chi connectivity index (χ1v) is 7.07. The van der Waals surface area contributed by atoms with E-state index < -0.39 is 12.6 Å². The number of carbonyl (C=O) groups is 1. The van der Waals surface area contributed by atoms with Crippen molar-refractivity contribution in [3.05, 3.63) is 63.9 Å². The smallest absolute Gasteiger partial charge is 0.250 e. The largest absolute Gasteiger partial charge is 0.366 e. The number of halogens is 2. The number of nitrogens with zero attached hydrogens (tertiary/aromatic N) is 1. The predicted octanol–water partition coefficient (Wildman–Crippen LogP) is 3.29. The van der Waals surface area contributed by atoms with Crippen molar-refractivity contribution in [1.29, 1.82) is 0 Å². The number of nitrogens with two attached hydrogens (primary N) is 1. The minimum atomic E-state index is -0.606. The molecule has 1 heterocycles. The summed E-state index contributed by atoms with van der Waals surface area (Å²) in [5.41, 5.74) is 7.28. The van der Waals surface area contributed by atoms with Crippen molar-refractivity contribution in [3.63, 3.8) is 0 Å².